The fourth-order valence-electron chi connectivity index (χ4n) is 2.91. The number of aryl methyl sites for hydroxylation is 1. The van der Waals surface area contributed by atoms with E-state index in [0.29, 0.717) is 5.95 Å². The van der Waals surface area contributed by atoms with Crippen molar-refractivity contribution in [3.8, 4) is 5.75 Å². The van der Waals surface area contributed by atoms with Crippen molar-refractivity contribution in [2.75, 3.05) is 24.3 Å². The molecule has 1 atom stereocenters. The number of methoxy groups -OCH3 is 1. The Kier molecular flexibility index (Phi) is 6.26. The van der Waals surface area contributed by atoms with E-state index in [1.54, 1.807) is 7.11 Å². The van der Waals surface area contributed by atoms with Crippen LogP contribution < -0.4 is 15.4 Å². The van der Waals surface area contributed by atoms with Crippen LogP contribution in [0.5, 0.6) is 5.75 Å². The molecule has 0 aliphatic carbocycles. The smallest absolute Gasteiger partial charge is 0.225 e. The van der Waals surface area contributed by atoms with Gasteiger partial charge in [-0.3, -0.25) is 0 Å². The zero-order valence-electron chi connectivity index (χ0n) is 16.1. The van der Waals surface area contributed by atoms with Crippen LogP contribution in [-0.4, -0.2) is 23.6 Å². The van der Waals surface area contributed by atoms with Crippen molar-refractivity contribution in [1.29, 1.82) is 0 Å². The maximum absolute atomic E-state index is 5.28. The van der Waals surface area contributed by atoms with E-state index < -0.39 is 0 Å². The summed E-state index contributed by atoms with van der Waals surface area (Å²) in [6.07, 6.45) is 0.892. The zero-order valence-corrected chi connectivity index (χ0v) is 16.1. The first-order chi connectivity index (χ1) is 13.1. The van der Waals surface area contributed by atoms with Crippen LogP contribution >= 0.6 is 0 Å². The van der Waals surface area contributed by atoms with Gasteiger partial charge in [-0.05, 0) is 43.5 Å². The van der Waals surface area contributed by atoms with Crippen molar-refractivity contribution in [3.05, 3.63) is 77.5 Å². The minimum atomic E-state index is 0.137. The quantitative estimate of drug-likeness (QED) is 0.612. The van der Waals surface area contributed by atoms with Crippen LogP contribution in [0.2, 0.25) is 0 Å². The summed E-state index contributed by atoms with van der Waals surface area (Å²) in [5.41, 5.74) is 3.36. The molecule has 0 amide bonds. The predicted molar refractivity (Wildman–Crippen MR) is 110 cm³/mol. The second-order valence-corrected chi connectivity index (χ2v) is 6.52. The molecule has 3 rings (SSSR count). The molecule has 0 aliphatic rings. The SMILES string of the molecule is COc1cccc(CCNc2cc(C)nc(NC(C)c3ccccc3)n2)c1. The van der Waals surface area contributed by atoms with Crippen LogP contribution in [0.1, 0.15) is 29.8 Å². The van der Waals surface area contributed by atoms with Crippen molar-refractivity contribution < 1.29 is 4.74 Å². The minimum absolute atomic E-state index is 0.137. The normalized spacial score (nSPS) is 11.7. The van der Waals surface area contributed by atoms with Crippen LogP contribution in [0.3, 0.4) is 0 Å². The van der Waals surface area contributed by atoms with Gasteiger partial charge in [-0.2, -0.15) is 4.98 Å². The Morgan fingerprint density at radius 1 is 1.00 bits per heavy atom. The van der Waals surface area contributed by atoms with E-state index in [4.69, 9.17) is 4.74 Å². The van der Waals surface area contributed by atoms with Crippen molar-refractivity contribution >= 4 is 11.8 Å². The number of anilines is 2. The van der Waals surface area contributed by atoms with Crippen LogP contribution in [0.15, 0.2) is 60.7 Å². The van der Waals surface area contributed by atoms with Gasteiger partial charge >= 0.3 is 0 Å². The molecule has 1 aromatic heterocycles. The first-order valence-corrected chi connectivity index (χ1v) is 9.18. The summed E-state index contributed by atoms with van der Waals surface area (Å²) in [5.74, 6) is 2.34. The van der Waals surface area contributed by atoms with Gasteiger partial charge in [0.1, 0.15) is 11.6 Å². The Hall–Kier alpha value is -3.08. The van der Waals surface area contributed by atoms with Gasteiger partial charge in [0.15, 0.2) is 0 Å². The molecule has 2 aromatic carbocycles. The highest BCUT2D eigenvalue weighted by Gasteiger charge is 2.08. The maximum atomic E-state index is 5.28. The molecule has 3 aromatic rings. The molecule has 2 N–H and O–H groups in total. The number of nitrogens with one attached hydrogen (secondary N) is 2. The summed E-state index contributed by atoms with van der Waals surface area (Å²) in [7, 11) is 1.69. The fraction of sp³-hybridized carbons (Fsp3) is 0.273. The molecule has 1 unspecified atom stereocenters. The molecule has 0 saturated heterocycles. The lowest BCUT2D eigenvalue weighted by Gasteiger charge is -2.15. The molecular weight excluding hydrogens is 336 g/mol. The van der Waals surface area contributed by atoms with E-state index in [1.807, 2.05) is 43.3 Å². The lowest BCUT2D eigenvalue weighted by atomic mass is 10.1. The summed E-state index contributed by atoms with van der Waals surface area (Å²) in [6, 6.07) is 20.5. The molecule has 5 heteroatoms. The molecule has 0 saturated carbocycles. The highest BCUT2D eigenvalue weighted by atomic mass is 16.5. The average molecular weight is 362 g/mol. The molecule has 0 radical (unpaired) electrons. The molecule has 0 bridgehead atoms. The number of hydrogen-bond donors (Lipinski definition) is 2. The highest BCUT2D eigenvalue weighted by Crippen LogP contribution is 2.18. The highest BCUT2D eigenvalue weighted by molar-refractivity contribution is 5.43. The van der Waals surface area contributed by atoms with E-state index in [9.17, 15) is 0 Å². The molecule has 1 heterocycles. The number of ether oxygens (including phenoxy) is 1. The molecule has 0 fully saturated rings. The first kappa shape index (κ1) is 18.7. The van der Waals surface area contributed by atoms with E-state index >= 15 is 0 Å². The number of aromatic nitrogens is 2. The van der Waals surface area contributed by atoms with Crippen LogP contribution in [0.25, 0.3) is 0 Å². The van der Waals surface area contributed by atoms with E-state index in [-0.39, 0.29) is 6.04 Å². The number of hydrogen-bond acceptors (Lipinski definition) is 5. The van der Waals surface area contributed by atoms with Gasteiger partial charge in [0, 0.05) is 18.3 Å². The van der Waals surface area contributed by atoms with Gasteiger partial charge in [0.05, 0.1) is 13.2 Å². The molecule has 0 aliphatic heterocycles. The molecule has 140 valence electrons. The number of benzene rings is 2. The molecule has 27 heavy (non-hydrogen) atoms. The van der Waals surface area contributed by atoms with Gasteiger partial charge < -0.3 is 15.4 Å². The third kappa shape index (κ3) is 5.45. The lowest BCUT2D eigenvalue weighted by Crippen LogP contribution is -2.12. The van der Waals surface area contributed by atoms with Gasteiger partial charge in [0.25, 0.3) is 0 Å². The third-order valence-corrected chi connectivity index (χ3v) is 4.35. The molecule has 5 nitrogen and oxygen atoms in total. The maximum Gasteiger partial charge on any atom is 0.225 e. The second-order valence-electron chi connectivity index (χ2n) is 6.52. The fourth-order valence-corrected chi connectivity index (χ4v) is 2.91. The summed E-state index contributed by atoms with van der Waals surface area (Å²) in [6.45, 7) is 4.88. The summed E-state index contributed by atoms with van der Waals surface area (Å²) in [5, 5.41) is 6.78. The largest absolute Gasteiger partial charge is 0.497 e. The van der Waals surface area contributed by atoms with Gasteiger partial charge in [-0.25, -0.2) is 4.98 Å². The monoisotopic (exact) mass is 362 g/mol. The standard InChI is InChI=1S/C22H26N4O/c1-16-14-21(23-13-12-18-8-7-11-20(15-18)27-3)26-22(24-16)25-17(2)19-9-5-4-6-10-19/h4-11,14-15,17H,12-13H2,1-3H3,(H2,23,24,25,26). The van der Waals surface area contributed by atoms with Crippen LogP contribution in [0.4, 0.5) is 11.8 Å². The Balaban J connectivity index is 1.61. The zero-order chi connectivity index (χ0) is 19.1. The Morgan fingerprint density at radius 2 is 1.81 bits per heavy atom. The summed E-state index contributed by atoms with van der Waals surface area (Å²) < 4.78 is 5.28. The second kappa shape index (κ2) is 9.03. The lowest BCUT2D eigenvalue weighted by molar-refractivity contribution is 0.414. The van der Waals surface area contributed by atoms with E-state index in [1.165, 1.54) is 11.1 Å². The van der Waals surface area contributed by atoms with Crippen molar-refractivity contribution in [2.45, 2.75) is 26.3 Å². The van der Waals surface area contributed by atoms with Crippen molar-refractivity contribution in [2.24, 2.45) is 0 Å². The number of nitrogens with zero attached hydrogens (tertiary/aromatic N) is 2. The Morgan fingerprint density at radius 3 is 2.59 bits per heavy atom. The van der Waals surface area contributed by atoms with Crippen molar-refractivity contribution in [3.63, 3.8) is 0 Å². The minimum Gasteiger partial charge on any atom is -0.497 e. The topological polar surface area (TPSA) is 59.1 Å². The molecule has 0 spiro atoms. The van der Waals surface area contributed by atoms with E-state index in [0.717, 1.165) is 30.2 Å². The third-order valence-electron chi connectivity index (χ3n) is 4.35. The van der Waals surface area contributed by atoms with Gasteiger partial charge in [0.2, 0.25) is 5.95 Å². The molecular formula is C22H26N4O. The van der Waals surface area contributed by atoms with Crippen LogP contribution in [0, 0.1) is 6.92 Å². The summed E-state index contributed by atoms with van der Waals surface area (Å²) in [4.78, 5) is 9.12. The van der Waals surface area contributed by atoms with E-state index in [2.05, 4.69) is 51.8 Å². The average Bonchev–Trinajstić information content (AvgIpc) is 2.68. The van der Waals surface area contributed by atoms with Crippen LogP contribution in [-0.2, 0) is 6.42 Å². The van der Waals surface area contributed by atoms with Gasteiger partial charge in [-0.15, -0.1) is 0 Å². The predicted octanol–water partition coefficient (Wildman–Crippen LogP) is 4.62. The Labute approximate surface area is 160 Å². The Bertz CT molecular complexity index is 867. The van der Waals surface area contributed by atoms with Crippen molar-refractivity contribution in [1.82, 2.24) is 9.97 Å². The van der Waals surface area contributed by atoms with Gasteiger partial charge in [-0.1, -0.05) is 42.5 Å². The number of rotatable bonds is 8. The summed E-state index contributed by atoms with van der Waals surface area (Å²) >= 11 is 0. The first-order valence-electron chi connectivity index (χ1n) is 9.18.